The van der Waals surface area contributed by atoms with E-state index in [2.05, 4.69) is 41.5 Å². The number of aromatic amines is 1. The Morgan fingerprint density at radius 1 is 1.16 bits per heavy atom. The monoisotopic (exact) mass is 340 g/mol. The molecule has 0 aliphatic heterocycles. The van der Waals surface area contributed by atoms with Gasteiger partial charge in [-0.15, -0.1) is 0 Å². The fourth-order valence-corrected chi connectivity index (χ4v) is 2.91. The van der Waals surface area contributed by atoms with E-state index in [1.165, 1.54) is 10.9 Å². The van der Waals surface area contributed by atoms with Crippen LogP contribution in [0.25, 0.3) is 10.9 Å². The highest BCUT2D eigenvalue weighted by molar-refractivity contribution is 5.82. The molecule has 0 amide bonds. The van der Waals surface area contributed by atoms with Crippen LogP contribution in [0.5, 0.6) is 11.5 Å². The molecule has 2 aromatic carbocycles. The Balaban J connectivity index is 1.70. The number of rotatable bonds is 8. The Morgan fingerprint density at radius 3 is 2.84 bits per heavy atom. The van der Waals surface area contributed by atoms with E-state index in [1.54, 1.807) is 7.11 Å². The van der Waals surface area contributed by atoms with Gasteiger partial charge in [0.05, 0.1) is 13.7 Å². The standard InChI is InChI=1S/C20H24N2O3/c1-14(15-6-7-19(25-11-10-23)20(12-15)24-2)22-13-16-4-3-5-18-17(16)8-9-21-18/h3-9,12,14,21-23H,10-11,13H2,1-2H3. The molecule has 0 fully saturated rings. The lowest BCUT2D eigenvalue weighted by Gasteiger charge is -2.17. The summed E-state index contributed by atoms with van der Waals surface area (Å²) in [7, 11) is 1.62. The molecule has 0 spiro atoms. The molecule has 0 aliphatic carbocycles. The Kier molecular flexibility index (Phi) is 5.58. The number of hydrogen-bond acceptors (Lipinski definition) is 4. The predicted molar refractivity (Wildman–Crippen MR) is 99.1 cm³/mol. The number of nitrogens with one attached hydrogen (secondary N) is 2. The van der Waals surface area contributed by atoms with Gasteiger partial charge in [0.15, 0.2) is 11.5 Å². The molecule has 1 aromatic heterocycles. The summed E-state index contributed by atoms with van der Waals surface area (Å²) >= 11 is 0. The van der Waals surface area contributed by atoms with Gasteiger partial charge in [0.2, 0.25) is 0 Å². The van der Waals surface area contributed by atoms with Crippen molar-refractivity contribution in [1.29, 1.82) is 0 Å². The highest BCUT2D eigenvalue weighted by atomic mass is 16.5. The normalized spacial score (nSPS) is 12.3. The Bertz CT molecular complexity index is 829. The molecule has 0 saturated heterocycles. The van der Waals surface area contributed by atoms with E-state index in [1.807, 2.05) is 24.4 Å². The summed E-state index contributed by atoms with van der Waals surface area (Å²) in [5.74, 6) is 1.32. The van der Waals surface area contributed by atoms with Crippen molar-refractivity contribution in [3.05, 3.63) is 59.8 Å². The summed E-state index contributed by atoms with van der Waals surface area (Å²) < 4.78 is 10.9. The molecular weight excluding hydrogens is 316 g/mol. The van der Waals surface area contributed by atoms with Gasteiger partial charge in [0, 0.05) is 29.7 Å². The zero-order valence-electron chi connectivity index (χ0n) is 14.6. The number of benzene rings is 2. The zero-order valence-corrected chi connectivity index (χ0v) is 14.6. The van der Waals surface area contributed by atoms with Crippen molar-refractivity contribution in [2.75, 3.05) is 20.3 Å². The molecule has 3 N–H and O–H groups in total. The van der Waals surface area contributed by atoms with Crippen molar-refractivity contribution in [2.24, 2.45) is 0 Å². The van der Waals surface area contributed by atoms with Crippen LogP contribution in [0.2, 0.25) is 0 Å². The summed E-state index contributed by atoms with van der Waals surface area (Å²) in [6.07, 6.45) is 1.97. The lowest BCUT2D eigenvalue weighted by Crippen LogP contribution is -2.18. The number of fused-ring (bicyclic) bond motifs is 1. The van der Waals surface area contributed by atoms with Crippen molar-refractivity contribution in [3.63, 3.8) is 0 Å². The molecule has 0 bridgehead atoms. The van der Waals surface area contributed by atoms with Gasteiger partial charge in [-0.25, -0.2) is 0 Å². The molecule has 3 aromatic rings. The minimum absolute atomic E-state index is 0.0203. The number of aromatic nitrogens is 1. The summed E-state index contributed by atoms with van der Waals surface area (Å²) in [6.45, 7) is 3.14. The number of aliphatic hydroxyl groups excluding tert-OH is 1. The molecule has 0 aliphatic rings. The van der Waals surface area contributed by atoms with Crippen molar-refractivity contribution in [3.8, 4) is 11.5 Å². The van der Waals surface area contributed by atoms with E-state index >= 15 is 0 Å². The SMILES string of the molecule is COc1cc(C(C)NCc2cccc3[nH]ccc23)ccc1OCCO. The Hall–Kier alpha value is -2.50. The van der Waals surface area contributed by atoms with E-state index in [0.29, 0.717) is 11.5 Å². The second-order valence-electron chi connectivity index (χ2n) is 5.94. The van der Waals surface area contributed by atoms with Gasteiger partial charge in [0.1, 0.15) is 6.61 Å². The topological polar surface area (TPSA) is 66.5 Å². The average Bonchev–Trinajstić information content (AvgIpc) is 3.13. The molecule has 0 radical (unpaired) electrons. The van der Waals surface area contributed by atoms with E-state index < -0.39 is 0 Å². The van der Waals surface area contributed by atoms with Crippen LogP contribution in [0.3, 0.4) is 0 Å². The molecule has 132 valence electrons. The minimum Gasteiger partial charge on any atom is -0.493 e. The molecule has 5 heteroatoms. The highest BCUT2D eigenvalue weighted by Gasteiger charge is 2.11. The largest absolute Gasteiger partial charge is 0.493 e. The molecule has 25 heavy (non-hydrogen) atoms. The number of H-pyrrole nitrogens is 1. The van der Waals surface area contributed by atoms with Crippen LogP contribution in [0.15, 0.2) is 48.7 Å². The fourth-order valence-electron chi connectivity index (χ4n) is 2.91. The van der Waals surface area contributed by atoms with Gasteiger partial charge in [-0.05, 0) is 42.3 Å². The summed E-state index contributed by atoms with van der Waals surface area (Å²) in [5.41, 5.74) is 3.54. The minimum atomic E-state index is -0.0203. The third kappa shape index (κ3) is 3.95. The lowest BCUT2D eigenvalue weighted by atomic mass is 10.1. The van der Waals surface area contributed by atoms with Crippen LogP contribution in [0.4, 0.5) is 0 Å². The van der Waals surface area contributed by atoms with Crippen molar-refractivity contribution < 1.29 is 14.6 Å². The number of aliphatic hydroxyl groups is 1. The van der Waals surface area contributed by atoms with Crippen LogP contribution in [0, 0.1) is 0 Å². The molecule has 1 unspecified atom stereocenters. The number of methoxy groups -OCH3 is 1. The van der Waals surface area contributed by atoms with Gasteiger partial charge in [-0.1, -0.05) is 18.2 Å². The first-order valence-corrected chi connectivity index (χ1v) is 8.43. The second kappa shape index (κ2) is 8.05. The van der Waals surface area contributed by atoms with Crippen LogP contribution in [-0.4, -0.2) is 30.4 Å². The smallest absolute Gasteiger partial charge is 0.161 e. The van der Waals surface area contributed by atoms with Gasteiger partial charge in [-0.3, -0.25) is 0 Å². The predicted octanol–water partition coefficient (Wildman–Crippen LogP) is 3.40. The zero-order chi connectivity index (χ0) is 17.6. The summed E-state index contributed by atoms with van der Waals surface area (Å²) in [4.78, 5) is 3.24. The average molecular weight is 340 g/mol. The van der Waals surface area contributed by atoms with Crippen molar-refractivity contribution >= 4 is 10.9 Å². The molecule has 0 saturated carbocycles. The first-order valence-electron chi connectivity index (χ1n) is 8.43. The molecule has 1 atom stereocenters. The van der Waals surface area contributed by atoms with Gasteiger partial charge < -0.3 is 24.9 Å². The second-order valence-corrected chi connectivity index (χ2v) is 5.94. The molecule has 1 heterocycles. The van der Waals surface area contributed by atoms with Gasteiger partial charge >= 0.3 is 0 Å². The van der Waals surface area contributed by atoms with Crippen LogP contribution in [-0.2, 0) is 6.54 Å². The maximum atomic E-state index is 8.89. The van der Waals surface area contributed by atoms with Crippen LogP contribution in [0.1, 0.15) is 24.1 Å². The molecular formula is C20H24N2O3. The quantitative estimate of drug-likeness (QED) is 0.588. The third-order valence-electron chi connectivity index (χ3n) is 4.32. The Morgan fingerprint density at radius 2 is 2.04 bits per heavy atom. The summed E-state index contributed by atoms with van der Waals surface area (Å²) in [5, 5.41) is 13.7. The van der Waals surface area contributed by atoms with Crippen molar-refractivity contribution in [1.82, 2.24) is 10.3 Å². The van der Waals surface area contributed by atoms with Gasteiger partial charge in [0.25, 0.3) is 0 Å². The first-order chi connectivity index (χ1) is 12.2. The first kappa shape index (κ1) is 17.3. The van der Waals surface area contributed by atoms with Gasteiger partial charge in [-0.2, -0.15) is 0 Å². The highest BCUT2D eigenvalue weighted by Crippen LogP contribution is 2.30. The Labute approximate surface area is 147 Å². The van der Waals surface area contributed by atoms with E-state index in [9.17, 15) is 0 Å². The number of hydrogen-bond donors (Lipinski definition) is 3. The van der Waals surface area contributed by atoms with Crippen LogP contribution >= 0.6 is 0 Å². The van der Waals surface area contributed by atoms with E-state index in [4.69, 9.17) is 14.6 Å². The maximum absolute atomic E-state index is 8.89. The number of ether oxygens (including phenoxy) is 2. The van der Waals surface area contributed by atoms with E-state index in [-0.39, 0.29) is 19.3 Å². The van der Waals surface area contributed by atoms with Crippen molar-refractivity contribution in [2.45, 2.75) is 19.5 Å². The lowest BCUT2D eigenvalue weighted by molar-refractivity contribution is 0.196. The van der Waals surface area contributed by atoms with E-state index in [0.717, 1.165) is 17.6 Å². The third-order valence-corrected chi connectivity index (χ3v) is 4.32. The fraction of sp³-hybridized carbons (Fsp3) is 0.300. The molecule has 3 rings (SSSR count). The van der Waals surface area contributed by atoms with Crippen LogP contribution < -0.4 is 14.8 Å². The molecule has 5 nitrogen and oxygen atoms in total. The maximum Gasteiger partial charge on any atom is 0.161 e. The summed E-state index contributed by atoms with van der Waals surface area (Å²) in [6, 6.07) is 14.4.